The topological polar surface area (TPSA) is 93.5 Å². The van der Waals surface area contributed by atoms with E-state index >= 15 is 0 Å². The molecule has 2 rings (SSSR count). The van der Waals surface area contributed by atoms with Crippen molar-refractivity contribution in [2.24, 2.45) is 5.92 Å². The highest BCUT2D eigenvalue weighted by atomic mass is 16.6. The van der Waals surface area contributed by atoms with Crippen LogP contribution in [0.3, 0.4) is 0 Å². The molecule has 1 amide bonds. The lowest BCUT2D eigenvalue weighted by molar-refractivity contribution is -0.142. The largest absolute Gasteiger partial charge is 0.481 e. The minimum atomic E-state index is -0.820. The molecular weight excluding hydrogens is 346 g/mol. The second kappa shape index (κ2) is 9.76. The zero-order chi connectivity index (χ0) is 19.9. The standard InChI is InChI=1S/C20H33N3O4/c1-20(2,3)27-19(26)21-11-7-8-15(18(24)25)12-16-13-23(14-22-16)17-9-5-4-6-10-17/h13-15,17H,4-12H2,1-3H3,(H,21,26)(H,24,25)/t15-/m0/s1. The summed E-state index contributed by atoms with van der Waals surface area (Å²) in [6.07, 6.45) is 11.0. The molecule has 1 fully saturated rings. The summed E-state index contributed by atoms with van der Waals surface area (Å²) in [5, 5.41) is 12.2. The molecule has 1 aliphatic rings. The van der Waals surface area contributed by atoms with Crippen LogP contribution in [0.25, 0.3) is 0 Å². The third-order valence-electron chi connectivity index (χ3n) is 4.85. The third-order valence-corrected chi connectivity index (χ3v) is 4.85. The number of ether oxygens (including phenoxy) is 1. The first-order valence-corrected chi connectivity index (χ1v) is 9.96. The second-order valence-corrected chi connectivity index (χ2v) is 8.41. The van der Waals surface area contributed by atoms with Gasteiger partial charge >= 0.3 is 12.1 Å². The first-order valence-electron chi connectivity index (χ1n) is 9.96. The Morgan fingerprint density at radius 1 is 1.33 bits per heavy atom. The summed E-state index contributed by atoms with van der Waals surface area (Å²) in [4.78, 5) is 27.6. The predicted octanol–water partition coefficient (Wildman–Crippen LogP) is 3.94. The fraction of sp³-hybridized carbons (Fsp3) is 0.750. The minimum Gasteiger partial charge on any atom is -0.481 e. The molecule has 0 aliphatic heterocycles. The molecule has 152 valence electrons. The first-order chi connectivity index (χ1) is 12.7. The van der Waals surface area contributed by atoms with Crippen LogP contribution < -0.4 is 5.32 Å². The van der Waals surface area contributed by atoms with Gasteiger partial charge in [-0.25, -0.2) is 9.78 Å². The highest BCUT2D eigenvalue weighted by Crippen LogP contribution is 2.28. The maximum absolute atomic E-state index is 11.6. The quantitative estimate of drug-likeness (QED) is 0.667. The molecule has 7 heteroatoms. The summed E-state index contributed by atoms with van der Waals surface area (Å²) in [6, 6.07) is 0.501. The van der Waals surface area contributed by atoms with Gasteiger partial charge in [0.1, 0.15) is 5.60 Å². The SMILES string of the molecule is CC(C)(C)OC(=O)NCCC[C@@H](Cc1cn(C2CCCCC2)cn1)C(=O)O. The second-order valence-electron chi connectivity index (χ2n) is 8.41. The number of imidazole rings is 1. The Labute approximate surface area is 161 Å². The summed E-state index contributed by atoms with van der Waals surface area (Å²) < 4.78 is 7.32. The number of rotatable bonds is 8. The van der Waals surface area contributed by atoms with Gasteiger partial charge in [0.15, 0.2) is 0 Å². The molecule has 0 unspecified atom stereocenters. The minimum absolute atomic E-state index is 0.398. The molecule has 7 nitrogen and oxygen atoms in total. The molecule has 0 saturated heterocycles. The molecule has 27 heavy (non-hydrogen) atoms. The van der Waals surface area contributed by atoms with Gasteiger partial charge in [0.05, 0.1) is 17.9 Å². The van der Waals surface area contributed by atoms with Crippen LogP contribution in [0.4, 0.5) is 4.79 Å². The normalized spacial score (nSPS) is 16.7. The Morgan fingerprint density at radius 2 is 2.04 bits per heavy atom. The molecule has 1 heterocycles. The van der Waals surface area contributed by atoms with Crippen molar-refractivity contribution in [1.29, 1.82) is 0 Å². The Kier molecular flexibility index (Phi) is 7.68. The average molecular weight is 380 g/mol. The number of aromatic nitrogens is 2. The van der Waals surface area contributed by atoms with Crippen LogP contribution in [0.1, 0.15) is 77.5 Å². The lowest BCUT2D eigenvalue weighted by Gasteiger charge is -2.22. The summed E-state index contributed by atoms with van der Waals surface area (Å²) in [7, 11) is 0. The van der Waals surface area contributed by atoms with Crippen LogP contribution in [-0.2, 0) is 16.0 Å². The van der Waals surface area contributed by atoms with Gasteiger partial charge in [0.2, 0.25) is 0 Å². The van der Waals surface area contributed by atoms with Gasteiger partial charge in [-0.1, -0.05) is 19.3 Å². The molecule has 0 aromatic carbocycles. The molecule has 1 aliphatic carbocycles. The fourth-order valence-electron chi connectivity index (χ4n) is 3.48. The average Bonchev–Trinajstić information content (AvgIpc) is 3.05. The fourth-order valence-corrected chi connectivity index (χ4v) is 3.48. The third kappa shape index (κ3) is 7.61. The zero-order valence-electron chi connectivity index (χ0n) is 16.7. The van der Waals surface area contributed by atoms with E-state index in [9.17, 15) is 14.7 Å². The zero-order valence-corrected chi connectivity index (χ0v) is 16.7. The van der Waals surface area contributed by atoms with Crippen LogP contribution in [-0.4, -0.2) is 38.9 Å². The van der Waals surface area contributed by atoms with Crippen molar-refractivity contribution < 1.29 is 19.4 Å². The van der Waals surface area contributed by atoms with E-state index in [4.69, 9.17) is 4.74 Å². The van der Waals surface area contributed by atoms with Crippen LogP contribution >= 0.6 is 0 Å². The number of carbonyl (C=O) groups excluding carboxylic acids is 1. The molecular formula is C20H33N3O4. The van der Waals surface area contributed by atoms with Crippen molar-refractivity contribution in [2.45, 2.75) is 83.8 Å². The number of hydrogen-bond acceptors (Lipinski definition) is 4. The monoisotopic (exact) mass is 379 g/mol. The van der Waals surface area contributed by atoms with Gasteiger partial charge in [-0.05, 0) is 46.5 Å². The van der Waals surface area contributed by atoms with E-state index in [0.717, 1.165) is 5.69 Å². The molecule has 0 bridgehead atoms. The molecule has 1 aromatic rings. The number of hydrogen-bond donors (Lipinski definition) is 2. The Morgan fingerprint density at radius 3 is 2.67 bits per heavy atom. The highest BCUT2D eigenvalue weighted by Gasteiger charge is 2.21. The van der Waals surface area contributed by atoms with Crippen LogP contribution in [0, 0.1) is 5.92 Å². The summed E-state index contributed by atoms with van der Waals surface area (Å²) >= 11 is 0. The van der Waals surface area contributed by atoms with Crippen molar-refractivity contribution >= 4 is 12.1 Å². The molecule has 1 aromatic heterocycles. The Bertz CT molecular complexity index is 615. The van der Waals surface area contributed by atoms with E-state index in [2.05, 4.69) is 14.9 Å². The van der Waals surface area contributed by atoms with Gasteiger partial charge in [-0.15, -0.1) is 0 Å². The number of nitrogens with one attached hydrogen (secondary N) is 1. The smallest absolute Gasteiger partial charge is 0.407 e. The van der Waals surface area contributed by atoms with E-state index in [0.29, 0.717) is 31.8 Å². The maximum atomic E-state index is 11.6. The molecule has 1 atom stereocenters. The number of carbonyl (C=O) groups is 2. The first kappa shape index (κ1) is 21.3. The van der Waals surface area contributed by atoms with Gasteiger partial charge in [0, 0.05) is 25.2 Å². The summed E-state index contributed by atoms with van der Waals surface area (Å²) in [5.41, 5.74) is 0.290. The van der Waals surface area contributed by atoms with Crippen LogP contribution in [0.2, 0.25) is 0 Å². The van der Waals surface area contributed by atoms with Gasteiger partial charge in [-0.2, -0.15) is 0 Å². The molecule has 0 spiro atoms. The van der Waals surface area contributed by atoms with E-state index in [1.165, 1.54) is 32.1 Å². The number of carboxylic acid groups (broad SMARTS) is 1. The lowest BCUT2D eigenvalue weighted by atomic mass is 9.95. The molecule has 0 radical (unpaired) electrons. The predicted molar refractivity (Wildman–Crippen MR) is 103 cm³/mol. The Hall–Kier alpha value is -2.05. The van der Waals surface area contributed by atoms with Crippen LogP contribution in [0.5, 0.6) is 0 Å². The number of nitrogens with zero attached hydrogens (tertiary/aromatic N) is 2. The van der Waals surface area contributed by atoms with E-state index in [-0.39, 0.29) is 0 Å². The number of amides is 1. The van der Waals surface area contributed by atoms with Crippen molar-refractivity contribution in [2.75, 3.05) is 6.54 Å². The number of carboxylic acids is 1. The van der Waals surface area contributed by atoms with Crippen molar-refractivity contribution in [1.82, 2.24) is 14.9 Å². The highest BCUT2D eigenvalue weighted by molar-refractivity contribution is 5.70. The lowest BCUT2D eigenvalue weighted by Crippen LogP contribution is -2.33. The van der Waals surface area contributed by atoms with Crippen molar-refractivity contribution in [3.8, 4) is 0 Å². The van der Waals surface area contributed by atoms with E-state index < -0.39 is 23.6 Å². The Balaban J connectivity index is 1.77. The van der Waals surface area contributed by atoms with Gasteiger partial charge < -0.3 is 19.7 Å². The van der Waals surface area contributed by atoms with E-state index in [1.54, 1.807) is 20.8 Å². The molecule has 1 saturated carbocycles. The summed E-state index contributed by atoms with van der Waals surface area (Å²) in [6.45, 7) is 5.81. The van der Waals surface area contributed by atoms with Crippen LogP contribution in [0.15, 0.2) is 12.5 Å². The van der Waals surface area contributed by atoms with Gasteiger partial charge in [-0.3, -0.25) is 4.79 Å². The number of aliphatic carboxylic acids is 1. The van der Waals surface area contributed by atoms with Crippen molar-refractivity contribution in [3.63, 3.8) is 0 Å². The van der Waals surface area contributed by atoms with Gasteiger partial charge in [0.25, 0.3) is 0 Å². The summed E-state index contributed by atoms with van der Waals surface area (Å²) in [5.74, 6) is -1.32. The number of alkyl carbamates (subject to hydrolysis) is 1. The van der Waals surface area contributed by atoms with E-state index in [1.807, 2.05) is 12.5 Å². The van der Waals surface area contributed by atoms with Crippen molar-refractivity contribution in [3.05, 3.63) is 18.2 Å². The maximum Gasteiger partial charge on any atom is 0.407 e. The molecule has 2 N–H and O–H groups in total.